The summed E-state index contributed by atoms with van der Waals surface area (Å²) in [5.41, 5.74) is 2.27. The number of sulfonamides is 1. The average molecular weight is 544 g/mol. The molecule has 8 nitrogen and oxygen atoms in total. The number of aryl methyl sites for hydroxylation is 1. The van der Waals surface area contributed by atoms with Crippen molar-refractivity contribution in [2.24, 2.45) is 0 Å². The van der Waals surface area contributed by atoms with Gasteiger partial charge >= 0.3 is 0 Å². The zero-order chi connectivity index (χ0) is 27.7. The second kappa shape index (κ2) is 13.6. The lowest BCUT2D eigenvalue weighted by atomic mass is 9.95. The number of benzene rings is 2. The fourth-order valence-electron chi connectivity index (χ4n) is 4.92. The number of amides is 2. The highest BCUT2D eigenvalue weighted by Gasteiger charge is 2.33. The molecule has 1 aliphatic carbocycles. The summed E-state index contributed by atoms with van der Waals surface area (Å²) in [4.78, 5) is 28.9. The Morgan fingerprint density at radius 3 is 2.26 bits per heavy atom. The minimum Gasteiger partial charge on any atom is -0.494 e. The van der Waals surface area contributed by atoms with Crippen molar-refractivity contribution in [3.05, 3.63) is 59.7 Å². The molecule has 0 unspecified atom stereocenters. The van der Waals surface area contributed by atoms with Crippen LogP contribution < -0.4 is 14.4 Å². The van der Waals surface area contributed by atoms with Gasteiger partial charge in [-0.05, 0) is 68.5 Å². The van der Waals surface area contributed by atoms with Crippen LogP contribution in [0.5, 0.6) is 5.75 Å². The van der Waals surface area contributed by atoms with Crippen LogP contribution in [0.2, 0.25) is 0 Å². The molecule has 0 saturated heterocycles. The molecule has 3 rings (SSSR count). The molecule has 1 fully saturated rings. The van der Waals surface area contributed by atoms with Gasteiger partial charge in [0, 0.05) is 12.6 Å². The molecule has 1 N–H and O–H groups in total. The van der Waals surface area contributed by atoms with Crippen molar-refractivity contribution in [2.75, 3.05) is 23.7 Å². The molecule has 208 valence electrons. The largest absolute Gasteiger partial charge is 0.494 e. The van der Waals surface area contributed by atoms with E-state index in [4.69, 9.17) is 4.74 Å². The lowest BCUT2D eigenvalue weighted by Gasteiger charge is -2.34. The minimum atomic E-state index is -3.78. The van der Waals surface area contributed by atoms with Crippen molar-refractivity contribution in [3.8, 4) is 5.75 Å². The highest BCUT2D eigenvalue weighted by atomic mass is 32.2. The Morgan fingerprint density at radius 1 is 1.03 bits per heavy atom. The molecule has 0 radical (unpaired) electrons. The Labute approximate surface area is 227 Å². The Hall–Kier alpha value is -3.07. The van der Waals surface area contributed by atoms with Crippen LogP contribution in [-0.2, 0) is 26.2 Å². The van der Waals surface area contributed by atoms with Crippen molar-refractivity contribution >= 4 is 27.5 Å². The first-order valence-electron chi connectivity index (χ1n) is 13.5. The topological polar surface area (TPSA) is 96.0 Å². The molecule has 1 aliphatic rings. The average Bonchev–Trinajstić information content (AvgIpc) is 2.89. The van der Waals surface area contributed by atoms with Gasteiger partial charge in [-0.15, -0.1) is 0 Å². The second-order valence-electron chi connectivity index (χ2n) is 9.91. The summed E-state index contributed by atoms with van der Waals surface area (Å²) in [6, 6.07) is 13.7. The summed E-state index contributed by atoms with van der Waals surface area (Å²) in [6.45, 7) is 6.00. The molecule has 2 aromatic carbocycles. The van der Waals surface area contributed by atoms with Gasteiger partial charge in [0.25, 0.3) is 0 Å². The van der Waals surface area contributed by atoms with E-state index in [9.17, 15) is 18.0 Å². The zero-order valence-corrected chi connectivity index (χ0v) is 23.8. The maximum absolute atomic E-state index is 13.9. The summed E-state index contributed by atoms with van der Waals surface area (Å²) < 4.78 is 32.1. The fraction of sp³-hybridized carbons (Fsp3) is 0.517. The Morgan fingerprint density at radius 2 is 1.68 bits per heavy atom. The van der Waals surface area contributed by atoms with Crippen LogP contribution in [0.1, 0.15) is 63.5 Å². The third-order valence-corrected chi connectivity index (χ3v) is 8.19. The third-order valence-electron chi connectivity index (χ3n) is 7.05. The molecule has 0 heterocycles. The van der Waals surface area contributed by atoms with Gasteiger partial charge < -0.3 is 15.0 Å². The van der Waals surface area contributed by atoms with E-state index in [0.29, 0.717) is 24.5 Å². The van der Waals surface area contributed by atoms with E-state index >= 15 is 0 Å². The smallest absolute Gasteiger partial charge is 0.244 e. The molecule has 0 aromatic heterocycles. The molecular formula is C29H41N3O5S. The van der Waals surface area contributed by atoms with Gasteiger partial charge in [0.1, 0.15) is 18.3 Å². The zero-order valence-electron chi connectivity index (χ0n) is 23.0. The molecule has 1 atom stereocenters. The Balaban J connectivity index is 1.90. The number of nitrogens with zero attached hydrogens (tertiary/aromatic N) is 2. The minimum absolute atomic E-state index is 0.108. The molecule has 1 saturated carbocycles. The number of rotatable bonds is 12. The Kier molecular flexibility index (Phi) is 10.6. The van der Waals surface area contributed by atoms with Crippen LogP contribution in [0.15, 0.2) is 48.5 Å². The quantitative estimate of drug-likeness (QED) is 0.428. The van der Waals surface area contributed by atoms with Gasteiger partial charge in [-0.1, -0.05) is 50.5 Å². The fourth-order valence-corrected chi connectivity index (χ4v) is 5.77. The maximum atomic E-state index is 13.9. The number of hydrogen-bond donors (Lipinski definition) is 1. The van der Waals surface area contributed by atoms with E-state index < -0.39 is 28.5 Å². The van der Waals surface area contributed by atoms with E-state index in [1.54, 1.807) is 24.3 Å². The van der Waals surface area contributed by atoms with Crippen molar-refractivity contribution in [2.45, 2.75) is 77.9 Å². The predicted molar refractivity (Wildman–Crippen MR) is 151 cm³/mol. The lowest BCUT2D eigenvalue weighted by Crippen LogP contribution is -2.54. The highest BCUT2D eigenvalue weighted by Crippen LogP contribution is 2.24. The number of nitrogens with one attached hydrogen (secondary N) is 1. The van der Waals surface area contributed by atoms with Gasteiger partial charge in [0.05, 0.1) is 18.6 Å². The number of ether oxygens (including phenoxy) is 1. The van der Waals surface area contributed by atoms with Gasteiger partial charge in [0.15, 0.2) is 0 Å². The number of carbonyl (C=O) groups excluding carboxylic acids is 2. The van der Waals surface area contributed by atoms with E-state index in [1.165, 1.54) is 11.3 Å². The standard InChI is InChI=1S/C29H41N3O5S/c1-5-27(29(34)30-24-14-8-7-9-15-24)31(20-23-13-11-10-12-22(23)3)28(33)21-32(38(4,35)36)25-16-18-26(19-17-25)37-6-2/h10-13,16-19,24,27H,5-9,14-15,20-21H2,1-4H3,(H,30,34)/t27-/m1/s1. The lowest BCUT2D eigenvalue weighted by molar-refractivity contribution is -0.140. The van der Waals surface area contributed by atoms with Gasteiger partial charge in [-0.25, -0.2) is 8.42 Å². The maximum Gasteiger partial charge on any atom is 0.244 e. The van der Waals surface area contributed by atoms with E-state index in [1.807, 2.05) is 45.0 Å². The summed E-state index contributed by atoms with van der Waals surface area (Å²) in [5.74, 6) is -0.00542. The normalized spacial score (nSPS) is 14.9. The second-order valence-corrected chi connectivity index (χ2v) is 11.8. The number of anilines is 1. The van der Waals surface area contributed by atoms with Gasteiger partial charge in [0.2, 0.25) is 21.8 Å². The first kappa shape index (κ1) is 29.5. The molecule has 0 aliphatic heterocycles. The van der Waals surface area contributed by atoms with Crippen LogP contribution >= 0.6 is 0 Å². The van der Waals surface area contributed by atoms with Crippen LogP contribution in [0.25, 0.3) is 0 Å². The summed E-state index contributed by atoms with van der Waals surface area (Å²) in [7, 11) is -3.78. The van der Waals surface area contributed by atoms with Crippen LogP contribution in [0, 0.1) is 6.92 Å². The molecule has 38 heavy (non-hydrogen) atoms. The van der Waals surface area contributed by atoms with E-state index in [-0.39, 0.29) is 18.5 Å². The summed E-state index contributed by atoms with van der Waals surface area (Å²) in [5, 5.41) is 3.16. The molecule has 0 spiro atoms. The Bertz CT molecular complexity index is 1180. The molecule has 2 amide bonds. The first-order chi connectivity index (χ1) is 18.1. The predicted octanol–water partition coefficient (Wildman–Crippen LogP) is 4.42. The van der Waals surface area contributed by atoms with Crippen LogP contribution in [-0.4, -0.2) is 56.6 Å². The van der Waals surface area contributed by atoms with Crippen LogP contribution in [0.3, 0.4) is 0 Å². The van der Waals surface area contributed by atoms with Gasteiger partial charge in [-0.2, -0.15) is 0 Å². The third kappa shape index (κ3) is 7.96. The van der Waals surface area contributed by atoms with E-state index in [0.717, 1.165) is 47.4 Å². The highest BCUT2D eigenvalue weighted by molar-refractivity contribution is 7.92. The summed E-state index contributed by atoms with van der Waals surface area (Å²) in [6.07, 6.45) is 6.71. The first-order valence-corrected chi connectivity index (χ1v) is 15.3. The molecular weight excluding hydrogens is 502 g/mol. The van der Waals surface area contributed by atoms with Crippen molar-refractivity contribution in [1.82, 2.24) is 10.2 Å². The van der Waals surface area contributed by atoms with E-state index in [2.05, 4.69) is 5.32 Å². The molecule has 0 bridgehead atoms. The molecule has 2 aromatic rings. The molecule has 9 heteroatoms. The summed E-state index contributed by atoms with van der Waals surface area (Å²) >= 11 is 0. The van der Waals surface area contributed by atoms with Crippen LogP contribution in [0.4, 0.5) is 5.69 Å². The van der Waals surface area contributed by atoms with Gasteiger partial charge in [-0.3, -0.25) is 13.9 Å². The van der Waals surface area contributed by atoms with Crippen molar-refractivity contribution in [1.29, 1.82) is 0 Å². The number of hydrogen-bond acceptors (Lipinski definition) is 5. The van der Waals surface area contributed by atoms with Crippen molar-refractivity contribution < 1.29 is 22.7 Å². The monoisotopic (exact) mass is 543 g/mol. The van der Waals surface area contributed by atoms with Crippen molar-refractivity contribution in [3.63, 3.8) is 0 Å². The SMILES string of the molecule is CCOc1ccc(N(CC(=O)N(Cc2ccccc2C)[C@H](CC)C(=O)NC2CCCCC2)S(C)(=O)=O)cc1. The number of carbonyl (C=O) groups is 2.